The second kappa shape index (κ2) is 7.72. The van der Waals surface area contributed by atoms with E-state index in [2.05, 4.69) is 20.5 Å². The largest absolute Gasteiger partial charge is 0.309 e. The monoisotopic (exact) mass is 335 g/mol. The van der Waals surface area contributed by atoms with Gasteiger partial charge in [-0.2, -0.15) is 5.10 Å². The average molecular weight is 335 g/mol. The van der Waals surface area contributed by atoms with Gasteiger partial charge < -0.3 is 5.32 Å². The smallest absolute Gasteiger partial charge is 0.242 e. The van der Waals surface area contributed by atoms with E-state index in [1.54, 1.807) is 12.3 Å². The van der Waals surface area contributed by atoms with Crippen molar-refractivity contribution < 1.29 is 4.79 Å². The summed E-state index contributed by atoms with van der Waals surface area (Å²) in [6.45, 7) is 2.48. The highest BCUT2D eigenvalue weighted by atomic mass is 16.2. The molecule has 6 heteroatoms. The van der Waals surface area contributed by atoms with Crippen molar-refractivity contribution in [3.63, 3.8) is 0 Å². The lowest BCUT2D eigenvalue weighted by Gasteiger charge is -2.23. The van der Waals surface area contributed by atoms with Gasteiger partial charge in [0.25, 0.3) is 0 Å². The van der Waals surface area contributed by atoms with Crippen molar-refractivity contribution in [3.8, 4) is 11.3 Å². The Bertz CT molecular complexity index is 816. The number of aromatic nitrogens is 3. The molecular weight excluding hydrogens is 314 g/mol. The number of likely N-dealkylation sites (N-methyl/N-ethyl adjacent to an activating group) is 1. The van der Waals surface area contributed by atoms with Crippen LogP contribution in [0.4, 0.5) is 5.82 Å². The molecule has 0 saturated heterocycles. The van der Waals surface area contributed by atoms with Crippen molar-refractivity contribution in [1.82, 2.24) is 20.1 Å². The lowest BCUT2D eigenvalue weighted by Crippen LogP contribution is -2.39. The van der Waals surface area contributed by atoms with Gasteiger partial charge in [0.2, 0.25) is 5.91 Å². The molecule has 128 valence electrons. The van der Waals surface area contributed by atoms with Gasteiger partial charge in [-0.15, -0.1) is 0 Å². The van der Waals surface area contributed by atoms with Gasteiger partial charge in [-0.1, -0.05) is 36.4 Å². The Hall–Kier alpha value is -2.99. The van der Waals surface area contributed by atoms with E-state index >= 15 is 0 Å². The number of nitrogens with zero attached hydrogens (tertiary/aromatic N) is 3. The number of H-pyrrole nitrogens is 1. The van der Waals surface area contributed by atoms with Crippen LogP contribution >= 0.6 is 0 Å². The van der Waals surface area contributed by atoms with Crippen LogP contribution in [0, 0.1) is 0 Å². The average Bonchev–Trinajstić information content (AvgIpc) is 3.10. The summed E-state index contributed by atoms with van der Waals surface area (Å²) in [5, 5.41) is 10.0. The van der Waals surface area contributed by atoms with E-state index in [4.69, 9.17) is 0 Å². The number of carbonyl (C=O) groups excluding carboxylic acids is 1. The van der Waals surface area contributed by atoms with Crippen LogP contribution < -0.4 is 5.32 Å². The number of hydrogen-bond donors (Lipinski definition) is 2. The molecule has 1 amide bonds. The topological polar surface area (TPSA) is 73.9 Å². The molecule has 0 aliphatic rings. The summed E-state index contributed by atoms with van der Waals surface area (Å²) in [4.78, 5) is 18.5. The van der Waals surface area contributed by atoms with Crippen LogP contribution in [0.1, 0.15) is 12.5 Å². The van der Waals surface area contributed by atoms with Crippen LogP contribution in [0.3, 0.4) is 0 Å². The Morgan fingerprint density at radius 1 is 1.20 bits per heavy atom. The molecule has 2 heterocycles. The zero-order chi connectivity index (χ0) is 17.6. The Morgan fingerprint density at radius 3 is 2.68 bits per heavy atom. The molecular formula is C19H21N5O. The Labute approximate surface area is 146 Å². The summed E-state index contributed by atoms with van der Waals surface area (Å²) in [6.07, 6.45) is 3.46. The summed E-state index contributed by atoms with van der Waals surface area (Å²) in [6, 6.07) is 15.2. The van der Waals surface area contributed by atoms with Crippen molar-refractivity contribution in [2.24, 2.45) is 0 Å². The Balaban J connectivity index is 1.67. The molecule has 1 atom stereocenters. The van der Waals surface area contributed by atoms with Gasteiger partial charge >= 0.3 is 0 Å². The van der Waals surface area contributed by atoms with Gasteiger partial charge in [-0.3, -0.25) is 14.8 Å². The van der Waals surface area contributed by atoms with E-state index in [-0.39, 0.29) is 11.9 Å². The van der Waals surface area contributed by atoms with E-state index in [1.165, 1.54) is 0 Å². The van der Waals surface area contributed by atoms with Crippen LogP contribution in [0.15, 0.2) is 60.9 Å². The maximum absolute atomic E-state index is 12.4. The third kappa shape index (κ3) is 4.10. The van der Waals surface area contributed by atoms with Gasteiger partial charge in [0.1, 0.15) is 5.82 Å². The molecule has 0 fully saturated rings. The van der Waals surface area contributed by atoms with Crippen molar-refractivity contribution in [3.05, 3.63) is 66.5 Å². The maximum atomic E-state index is 12.4. The summed E-state index contributed by atoms with van der Waals surface area (Å²) in [5.41, 5.74) is 3.10. The number of nitrogens with one attached hydrogen (secondary N) is 2. The number of anilines is 1. The third-order valence-electron chi connectivity index (χ3n) is 4.16. The Morgan fingerprint density at radius 2 is 1.96 bits per heavy atom. The standard InChI is InChI=1S/C19H21N5O/c1-14(19(25)22-17-10-6-7-11-20-17)24(2)13-16-12-21-23-18(16)15-8-4-3-5-9-15/h3-12,14H,13H2,1-2H3,(H,21,23)(H,20,22,25). The number of amides is 1. The van der Waals surface area contributed by atoms with Crippen molar-refractivity contribution >= 4 is 11.7 Å². The molecule has 3 aromatic rings. The van der Waals surface area contributed by atoms with Gasteiger partial charge in [0, 0.05) is 18.3 Å². The molecule has 1 aromatic carbocycles. The lowest BCUT2D eigenvalue weighted by atomic mass is 10.1. The SMILES string of the molecule is CC(C(=O)Nc1ccccn1)N(C)Cc1cn[nH]c1-c1ccccc1. The minimum Gasteiger partial charge on any atom is -0.309 e. The van der Waals surface area contributed by atoms with E-state index in [1.807, 2.05) is 67.5 Å². The maximum Gasteiger partial charge on any atom is 0.242 e. The molecule has 1 unspecified atom stereocenters. The van der Waals surface area contributed by atoms with Crippen LogP contribution in [0.2, 0.25) is 0 Å². The first-order chi connectivity index (χ1) is 12.1. The highest BCUT2D eigenvalue weighted by Gasteiger charge is 2.20. The van der Waals surface area contributed by atoms with Crippen LogP contribution in [-0.4, -0.2) is 39.1 Å². The molecule has 0 saturated carbocycles. The van der Waals surface area contributed by atoms with E-state index < -0.39 is 0 Å². The molecule has 0 aliphatic heterocycles. The number of carbonyl (C=O) groups is 1. The molecule has 0 aliphatic carbocycles. The van der Waals surface area contributed by atoms with Gasteiger partial charge in [-0.05, 0) is 31.7 Å². The first-order valence-electron chi connectivity index (χ1n) is 8.15. The zero-order valence-corrected chi connectivity index (χ0v) is 14.3. The fraction of sp³-hybridized carbons (Fsp3) is 0.211. The number of rotatable bonds is 6. The second-order valence-electron chi connectivity index (χ2n) is 5.93. The summed E-state index contributed by atoms with van der Waals surface area (Å²) >= 11 is 0. The molecule has 0 radical (unpaired) electrons. The highest BCUT2D eigenvalue weighted by Crippen LogP contribution is 2.22. The molecule has 3 rings (SSSR count). The number of aromatic amines is 1. The minimum absolute atomic E-state index is 0.0917. The summed E-state index contributed by atoms with van der Waals surface area (Å²) in [7, 11) is 1.92. The molecule has 2 N–H and O–H groups in total. The highest BCUT2D eigenvalue weighted by molar-refractivity contribution is 5.93. The molecule has 6 nitrogen and oxygen atoms in total. The van der Waals surface area contributed by atoms with Crippen LogP contribution in [0.25, 0.3) is 11.3 Å². The first kappa shape index (κ1) is 16.9. The van der Waals surface area contributed by atoms with Crippen molar-refractivity contribution in [2.45, 2.75) is 19.5 Å². The molecule has 0 bridgehead atoms. The predicted molar refractivity (Wildman–Crippen MR) is 97.8 cm³/mol. The number of pyridine rings is 1. The van der Waals surface area contributed by atoms with Crippen molar-refractivity contribution in [2.75, 3.05) is 12.4 Å². The number of hydrogen-bond acceptors (Lipinski definition) is 4. The summed E-state index contributed by atoms with van der Waals surface area (Å²) in [5.74, 6) is 0.465. The van der Waals surface area contributed by atoms with Gasteiger partial charge in [0.15, 0.2) is 0 Å². The second-order valence-corrected chi connectivity index (χ2v) is 5.93. The fourth-order valence-corrected chi connectivity index (χ4v) is 2.56. The quantitative estimate of drug-likeness (QED) is 0.726. The third-order valence-corrected chi connectivity index (χ3v) is 4.16. The predicted octanol–water partition coefficient (Wildman–Crippen LogP) is 2.93. The van der Waals surface area contributed by atoms with E-state index in [9.17, 15) is 4.79 Å². The number of benzene rings is 1. The van der Waals surface area contributed by atoms with E-state index in [0.29, 0.717) is 12.4 Å². The van der Waals surface area contributed by atoms with Crippen LogP contribution in [0.5, 0.6) is 0 Å². The minimum atomic E-state index is -0.305. The first-order valence-corrected chi connectivity index (χ1v) is 8.15. The van der Waals surface area contributed by atoms with E-state index in [0.717, 1.165) is 16.8 Å². The fourth-order valence-electron chi connectivity index (χ4n) is 2.56. The van der Waals surface area contributed by atoms with Crippen LogP contribution in [-0.2, 0) is 11.3 Å². The summed E-state index contributed by atoms with van der Waals surface area (Å²) < 4.78 is 0. The van der Waals surface area contributed by atoms with Gasteiger partial charge in [0.05, 0.1) is 17.9 Å². The van der Waals surface area contributed by atoms with Crippen molar-refractivity contribution in [1.29, 1.82) is 0 Å². The Kier molecular flexibility index (Phi) is 5.20. The molecule has 25 heavy (non-hydrogen) atoms. The normalized spacial score (nSPS) is 12.1. The molecule has 2 aromatic heterocycles. The lowest BCUT2D eigenvalue weighted by molar-refractivity contribution is -0.120. The zero-order valence-electron chi connectivity index (χ0n) is 14.3. The van der Waals surface area contributed by atoms with Gasteiger partial charge in [-0.25, -0.2) is 4.98 Å². The molecule has 0 spiro atoms.